The maximum absolute atomic E-state index is 12.9. The van der Waals surface area contributed by atoms with Crippen molar-refractivity contribution in [2.75, 3.05) is 12.9 Å². The van der Waals surface area contributed by atoms with E-state index >= 15 is 0 Å². The van der Waals surface area contributed by atoms with E-state index < -0.39 is 0 Å². The van der Waals surface area contributed by atoms with E-state index in [1.165, 1.54) is 23.1 Å². The molecule has 0 aliphatic rings. The van der Waals surface area contributed by atoms with Crippen molar-refractivity contribution in [3.05, 3.63) is 57.9 Å². The van der Waals surface area contributed by atoms with E-state index in [0.717, 1.165) is 26.2 Å². The van der Waals surface area contributed by atoms with E-state index in [4.69, 9.17) is 4.74 Å². The second-order valence-electron chi connectivity index (χ2n) is 6.32. The smallest absolute Gasteiger partial charge is 0.326 e. The van der Waals surface area contributed by atoms with Crippen LogP contribution in [0, 0.1) is 13.8 Å². The van der Waals surface area contributed by atoms with Crippen molar-refractivity contribution in [2.24, 2.45) is 4.99 Å². The molecule has 146 valence electrons. The Morgan fingerprint density at radius 1 is 1.21 bits per heavy atom. The van der Waals surface area contributed by atoms with Gasteiger partial charge < -0.3 is 9.30 Å². The summed E-state index contributed by atoms with van der Waals surface area (Å²) in [5.74, 6) is -0.664. The first-order chi connectivity index (χ1) is 13.4. The highest BCUT2D eigenvalue weighted by Gasteiger charge is 2.15. The summed E-state index contributed by atoms with van der Waals surface area (Å²) in [6.07, 6.45) is 1.93. The van der Waals surface area contributed by atoms with Crippen molar-refractivity contribution in [3.63, 3.8) is 0 Å². The Morgan fingerprint density at radius 3 is 2.68 bits per heavy atom. The lowest BCUT2D eigenvalue weighted by molar-refractivity contribution is -0.143. The minimum absolute atomic E-state index is 0.0209. The molecule has 3 aromatic rings. The Labute approximate surface area is 172 Å². The number of carbonyl (C=O) groups is 2. The molecule has 7 heteroatoms. The first kappa shape index (κ1) is 20.4. The van der Waals surface area contributed by atoms with Gasteiger partial charge >= 0.3 is 5.97 Å². The topological polar surface area (TPSA) is 60.7 Å². The number of aromatic nitrogens is 1. The van der Waals surface area contributed by atoms with Crippen LogP contribution in [0.4, 0.5) is 0 Å². The third-order valence-corrected chi connectivity index (χ3v) is 6.27. The molecule has 0 radical (unpaired) electrons. The van der Waals surface area contributed by atoms with Crippen LogP contribution in [0.3, 0.4) is 0 Å². The fraction of sp³-hybridized carbons (Fsp3) is 0.286. The number of hydrogen-bond donors (Lipinski definition) is 0. The van der Waals surface area contributed by atoms with E-state index in [1.54, 1.807) is 17.6 Å². The molecule has 2 aromatic carbocycles. The van der Waals surface area contributed by atoms with E-state index in [1.807, 2.05) is 44.4 Å². The van der Waals surface area contributed by atoms with Gasteiger partial charge in [0, 0.05) is 4.90 Å². The highest BCUT2D eigenvalue weighted by Crippen LogP contribution is 2.24. The van der Waals surface area contributed by atoms with Crippen LogP contribution in [0.2, 0.25) is 0 Å². The SMILES string of the molecule is CCOC(=O)Cn1c(=NC(=O)c2ccccc2SC)sc2c(C)cc(C)cc21. The zero-order valence-corrected chi connectivity index (χ0v) is 17.9. The van der Waals surface area contributed by atoms with Gasteiger partial charge in [0.2, 0.25) is 0 Å². The van der Waals surface area contributed by atoms with Crippen molar-refractivity contribution in [2.45, 2.75) is 32.2 Å². The number of ether oxygens (including phenoxy) is 1. The number of esters is 1. The summed E-state index contributed by atoms with van der Waals surface area (Å²) in [5.41, 5.74) is 3.63. The standard InChI is InChI=1S/C21H22N2O3S2/c1-5-26-18(24)12-23-16-11-13(2)10-14(3)19(16)28-21(23)22-20(25)15-8-6-7-9-17(15)27-4/h6-11H,5,12H2,1-4H3. The average molecular weight is 415 g/mol. The molecule has 0 saturated carbocycles. The predicted molar refractivity (Wildman–Crippen MR) is 114 cm³/mol. The van der Waals surface area contributed by atoms with Crippen LogP contribution in [0.15, 0.2) is 46.3 Å². The molecule has 0 bridgehead atoms. The van der Waals surface area contributed by atoms with Crippen LogP contribution < -0.4 is 4.80 Å². The second kappa shape index (κ2) is 8.75. The first-order valence-electron chi connectivity index (χ1n) is 8.93. The largest absolute Gasteiger partial charge is 0.465 e. The summed E-state index contributed by atoms with van der Waals surface area (Å²) in [5, 5.41) is 0. The Kier molecular flexibility index (Phi) is 6.36. The summed E-state index contributed by atoms with van der Waals surface area (Å²) < 4.78 is 7.91. The first-order valence-corrected chi connectivity index (χ1v) is 11.0. The summed E-state index contributed by atoms with van der Waals surface area (Å²) in [6, 6.07) is 11.5. The Morgan fingerprint density at radius 2 is 1.96 bits per heavy atom. The fourth-order valence-corrected chi connectivity index (χ4v) is 4.72. The van der Waals surface area contributed by atoms with Crippen molar-refractivity contribution in [3.8, 4) is 0 Å². The molecule has 0 aliphatic carbocycles. The lowest BCUT2D eigenvalue weighted by atomic mass is 10.1. The number of thiazole rings is 1. The molecule has 0 atom stereocenters. The molecule has 1 heterocycles. The van der Waals surface area contributed by atoms with Crippen LogP contribution in [-0.4, -0.2) is 29.3 Å². The number of nitrogens with zero attached hydrogens (tertiary/aromatic N) is 2. The number of thioether (sulfide) groups is 1. The predicted octanol–water partition coefficient (Wildman–Crippen LogP) is 4.35. The number of hydrogen-bond acceptors (Lipinski definition) is 5. The maximum Gasteiger partial charge on any atom is 0.326 e. The number of carbonyl (C=O) groups excluding carboxylic acids is 2. The molecular weight excluding hydrogens is 392 g/mol. The van der Waals surface area contributed by atoms with E-state index in [0.29, 0.717) is 17.0 Å². The van der Waals surface area contributed by atoms with Crippen LogP contribution in [0.1, 0.15) is 28.4 Å². The molecule has 1 amide bonds. The molecule has 0 fully saturated rings. The normalized spacial score (nSPS) is 11.8. The summed E-state index contributed by atoms with van der Waals surface area (Å²) in [4.78, 5) is 30.8. The number of rotatable bonds is 5. The van der Waals surface area contributed by atoms with Crippen LogP contribution in [-0.2, 0) is 16.1 Å². The Bertz CT molecular complexity index is 1110. The summed E-state index contributed by atoms with van der Waals surface area (Å²) in [7, 11) is 0. The molecule has 5 nitrogen and oxygen atoms in total. The zero-order chi connectivity index (χ0) is 20.3. The van der Waals surface area contributed by atoms with Crippen molar-refractivity contribution < 1.29 is 14.3 Å². The lowest BCUT2D eigenvalue weighted by Gasteiger charge is -2.07. The monoisotopic (exact) mass is 414 g/mol. The zero-order valence-electron chi connectivity index (χ0n) is 16.3. The van der Waals surface area contributed by atoms with Crippen LogP contribution >= 0.6 is 23.1 Å². The summed E-state index contributed by atoms with van der Waals surface area (Å²) in [6.45, 7) is 6.14. The maximum atomic E-state index is 12.9. The fourth-order valence-electron chi connectivity index (χ4n) is 3.05. The van der Waals surface area contributed by atoms with Crippen LogP contribution in [0.5, 0.6) is 0 Å². The molecule has 0 aliphatic heterocycles. The van der Waals surface area contributed by atoms with Gasteiger partial charge in [0.05, 0.1) is 22.4 Å². The number of aryl methyl sites for hydroxylation is 2. The third kappa shape index (κ3) is 4.20. The van der Waals surface area contributed by atoms with Gasteiger partial charge in [0.1, 0.15) is 6.54 Å². The van der Waals surface area contributed by atoms with Crippen molar-refractivity contribution in [1.82, 2.24) is 4.57 Å². The second-order valence-corrected chi connectivity index (χ2v) is 8.15. The number of benzene rings is 2. The highest BCUT2D eigenvalue weighted by atomic mass is 32.2. The molecule has 0 unspecified atom stereocenters. The minimum Gasteiger partial charge on any atom is -0.465 e. The minimum atomic E-state index is -0.347. The molecule has 3 rings (SSSR count). The Hall–Kier alpha value is -2.38. The van der Waals surface area contributed by atoms with Crippen molar-refractivity contribution >= 4 is 45.2 Å². The van der Waals surface area contributed by atoms with Gasteiger partial charge in [-0.3, -0.25) is 9.59 Å². The van der Waals surface area contributed by atoms with E-state index in [2.05, 4.69) is 11.1 Å². The average Bonchev–Trinajstić information content (AvgIpc) is 2.99. The molecule has 0 saturated heterocycles. The van der Waals surface area contributed by atoms with E-state index in [-0.39, 0.29) is 18.4 Å². The van der Waals surface area contributed by atoms with Crippen LogP contribution in [0.25, 0.3) is 10.2 Å². The van der Waals surface area contributed by atoms with Crippen molar-refractivity contribution in [1.29, 1.82) is 0 Å². The third-order valence-electron chi connectivity index (χ3n) is 4.24. The summed E-state index contributed by atoms with van der Waals surface area (Å²) >= 11 is 2.92. The van der Waals surface area contributed by atoms with Gasteiger partial charge in [-0.2, -0.15) is 4.99 Å². The van der Waals surface area contributed by atoms with Gasteiger partial charge in [-0.15, -0.1) is 11.8 Å². The van der Waals surface area contributed by atoms with Gasteiger partial charge in [-0.05, 0) is 56.4 Å². The van der Waals surface area contributed by atoms with Gasteiger partial charge in [0.25, 0.3) is 5.91 Å². The molecule has 28 heavy (non-hydrogen) atoms. The molecule has 0 N–H and O–H groups in total. The van der Waals surface area contributed by atoms with Gasteiger partial charge in [-0.1, -0.05) is 29.5 Å². The highest BCUT2D eigenvalue weighted by molar-refractivity contribution is 7.98. The molecular formula is C21H22N2O3S2. The molecule has 1 aromatic heterocycles. The Balaban J connectivity index is 2.18. The molecule has 0 spiro atoms. The quantitative estimate of drug-likeness (QED) is 0.460. The number of fused-ring (bicyclic) bond motifs is 1. The lowest BCUT2D eigenvalue weighted by Crippen LogP contribution is -2.23. The number of amides is 1. The van der Waals surface area contributed by atoms with E-state index in [9.17, 15) is 9.59 Å². The van der Waals surface area contributed by atoms with Gasteiger partial charge in [0.15, 0.2) is 4.80 Å². The van der Waals surface area contributed by atoms with Gasteiger partial charge in [-0.25, -0.2) is 0 Å².